The summed E-state index contributed by atoms with van der Waals surface area (Å²) in [6, 6.07) is 9.76. The lowest BCUT2D eigenvalue weighted by molar-refractivity contribution is 0.0690. The van der Waals surface area contributed by atoms with Crippen molar-refractivity contribution < 1.29 is 14.7 Å². The average molecular weight is 321 g/mol. The second kappa shape index (κ2) is 5.62. The van der Waals surface area contributed by atoms with Gasteiger partial charge in [0.25, 0.3) is 5.91 Å². The molecule has 96 valence electrons. The largest absolute Gasteiger partial charge is 0.477 e. The third kappa shape index (κ3) is 3.38. The molecule has 2 N–H and O–H groups in total. The van der Waals surface area contributed by atoms with Crippen molar-refractivity contribution >= 4 is 33.5 Å². The number of carboxylic acids is 1. The minimum absolute atomic E-state index is 0.163. The zero-order chi connectivity index (χ0) is 13.8. The third-order valence-electron chi connectivity index (χ3n) is 2.34. The minimum Gasteiger partial charge on any atom is -0.477 e. The number of anilines is 1. The van der Waals surface area contributed by atoms with Gasteiger partial charge in [-0.15, -0.1) is 0 Å². The molecule has 1 aromatic carbocycles. The van der Waals surface area contributed by atoms with E-state index in [9.17, 15) is 9.59 Å². The molecule has 2 rings (SSSR count). The number of nitrogens with one attached hydrogen (secondary N) is 1. The molecular formula is C13H9BrN2O3. The number of nitrogens with zero attached hydrogens (tertiary/aromatic N) is 1. The molecule has 0 spiro atoms. The molecule has 0 saturated heterocycles. The van der Waals surface area contributed by atoms with Gasteiger partial charge in [0.1, 0.15) is 5.69 Å². The van der Waals surface area contributed by atoms with Gasteiger partial charge in [-0.2, -0.15) is 0 Å². The van der Waals surface area contributed by atoms with E-state index in [0.717, 1.165) is 4.47 Å². The maximum atomic E-state index is 11.9. The van der Waals surface area contributed by atoms with Gasteiger partial charge in [0.15, 0.2) is 0 Å². The van der Waals surface area contributed by atoms with Crippen LogP contribution in [-0.2, 0) is 0 Å². The number of pyridine rings is 1. The second-order valence-electron chi connectivity index (χ2n) is 3.70. The Labute approximate surface area is 117 Å². The molecule has 1 aromatic heterocycles. The van der Waals surface area contributed by atoms with Crippen molar-refractivity contribution in [2.24, 2.45) is 0 Å². The molecule has 1 heterocycles. The van der Waals surface area contributed by atoms with Gasteiger partial charge < -0.3 is 10.4 Å². The van der Waals surface area contributed by atoms with Crippen LogP contribution >= 0.6 is 15.9 Å². The number of hydrogen-bond donors (Lipinski definition) is 2. The Balaban J connectivity index is 2.18. The summed E-state index contributed by atoms with van der Waals surface area (Å²) >= 11 is 3.30. The molecule has 0 unspecified atom stereocenters. The summed E-state index contributed by atoms with van der Waals surface area (Å²) in [5.74, 6) is -1.55. The van der Waals surface area contributed by atoms with Crippen LogP contribution in [0.3, 0.4) is 0 Å². The van der Waals surface area contributed by atoms with E-state index in [4.69, 9.17) is 5.11 Å². The highest BCUT2D eigenvalue weighted by atomic mass is 79.9. The maximum absolute atomic E-state index is 11.9. The standard InChI is InChI=1S/C13H9BrN2O3/c14-9-1-3-10(4-2-9)16-12(17)8-5-6-15-11(7-8)13(18)19/h1-7H,(H,16,17)(H,18,19). The van der Waals surface area contributed by atoms with Gasteiger partial charge in [0.05, 0.1) is 0 Å². The number of hydrogen-bond acceptors (Lipinski definition) is 3. The van der Waals surface area contributed by atoms with E-state index in [0.29, 0.717) is 5.69 Å². The van der Waals surface area contributed by atoms with Gasteiger partial charge in [0, 0.05) is 21.9 Å². The first-order valence-electron chi connectivity index (χ1n) is 5.32. The highest BCUT2D eigenvalue weighted by Crippen LogP contribution is 2.15. The van der Waals surface area contributed by atoms with Crippen molar-refractivity contribution in [2.75, 3.05) is 5.32 Å². The van der Waals surface area contributed by atoms with Gasteiger partial charge in [-0.3, -0.25) is 4.79 Å². The highest BCUT2D eigenvalue weighted by molar-refractivity contribution is 9.10. The number of carboxylic acid groups (broad SMARTS) is 1. The fourth-order valence-electron chi connectivity index (χ4n) is 1.43. The van der Waals surface area contributed by atoms with E-state index >= 15 is 0 Å². The van der Waals surface area contributed by atoms with E-state index in [1.165, 1.54) is 18.3 Å². The van der Waals surface area contributed by atoms with Crippen molar-refractivity contribution in [3.05, 3.63) is 58.3 Å². The van der Waals surface area contributed by atoms with Crippen LogP contribution < -0.4 is 5.32 Å². The normalized spacial score (nSPS) is 9.95. The molecule has 6 heteroatoms. The van der Waals surface area contributed by atoms with Crippen LogP contribution in [0.2, 0.25) is 0 Å². The first kappa shape index (κ1) is 13.2. The van der Waals surface area contributed by atoms with Crippen LogP contribution in [0.4, 0.5) is 5.69 Å². The number of rotatable bonds is 3. The van der Waals surface area contributed by atoms with E-state index in [2.05, 4.69) is 26.2 Å². The monoisotopic (exact) mass is 320 g/mol. The zero-order valence-corrected chi connectivity index (χ0v) is 11.2. The number of halogens is 1. The lowest BCUT2D eigenvalue weighted by Gasteiger charge is -2.05. The third-order valence-corrected chi connectivity index (χ3v) is 2.87. The summed E-state index contributed by atoms with van der Waals surface area (Å²) in [4.78, 5) is 26.4. The van der Waals surface area contributed by atoms with Crippen LogP contribution in [0, 0.1) is 0 Å². The second-order valence-corrected chi connectivity index (χ2v) is 4.61. The quantitative estimate of drug-likeness (QED) is 0.911. The van der Waals surface area contributed by atoms with Crippen molar-refractivity contribution in [3.8, 4) is 0 Å². The molecule has 0 aliphatic carbocycles. The Morgan fingerprint density at radius 3 is 2.47 bits per heavy atom. The molecule has 19 heavy (non-hydrogen) atoms. The Morgan fingerprint density at radius 1 is 1.16 bits per heavy atom. The Kier molecular flexibility index (Phi) is 3.91. The minimum atomic E-state index is -1.17. The van der Waals surface area contributed by atoms with Crippen LogP contribution in [0.25, 0.3) is 0 Å². The smallest absolute Gasteiger partial charge is 0.354 e. The Morgan fingerprint density at radius 2 is 1.84 bits per heavy atom. The number of carbonyl (C=O) groups is 2. The number of aromatic carboxylic acids is 1. The Bertz CT molecular complexity index is 626. The molecular weight excluding hydrogens is 312 g/mol. The molecule has 0 radical (unpaired) electrons. The molecule has 2 aromatic rings. The molecule has 1 amide bonds. The molecule has 5 nitrogen and oxygen atoms in total. The summed E-state index contributed by atoms with van der Waals surface area (Å²) in [5.41, 5.74) is 0.709. The van der Waals surface area contributed by atoms with E-state index in [1.54, 1.807) is 24.3 Å². The lowest BCUT2D eigenvalue weighted by Crippen LogP contribution is -2.13. The molecule has 0 saturated carbocycles. The topological polar surface area (TPSA) is 79.3 Å². The highest BCUT2D eigenvalue weighted by Gasteiger charge is 2.10. The summed E-state index contributed by atoms with van der Waals surface area (Å²) < 4.78 is 0.905. The van der Waals surface area contributed by atoms with Gasteiger partial charge in [-0.25, -0.2) is 9.78 Å². The van der Waals surface area contributed by atoms with Crippen LogP contribution in [0.1, 0.15) is 20.8 Å². The summed E-state index contributed by atoms with van der Waals surface area (Å²) in [5, 5.41) is 11.5. The van der Waals surface area contributed by atoms with Crippen LogP contribution in [-0.4, -0.2) is 22.0 Å². The fourth-order valence-corrected chi connectivity index (χ4v) is 1.69. The number of amides is 1. The van der Waals surface area contributed by atoms with Crippen LogP contribution in [0.15, 0.2) is 47.1 Å². The van der Waals surface area contributed by atoms with E-state index < -0.39 is 5.97 Å². The molecule has 0 aliphatic heterocycles. The first-order valence-corrected chi connectivity index (χ1v) is 6.12. The van der Waals surface area contributed by atoms with E-state index in [1.807, 2.05) is 0 Å². The summed E-state index contributed by atoms with van der Waals surface area (Å²) in [6.07, 6.45) is 1.29. The number of carbonyl (C=O) groups excluding carboxylic acids is 1. The SMILES string of the molecule is O=C(Nc1ccc(Br)cc1)c1ccnc(C(=O)O)c1. The van der Waals surface area contributed by atoms with Crippen molar-refractivity contribution in [2.45, 2.75) is 0 Å². The maximum Gasteiger partial charge on any atom is 0.354 e. The van der Waals surface area contributed by atoms with Gasteiger partial charge >= 0.3 is 5.97 Å². The van der Waals surface area contributed by atoms with Crippen molar-refractivity contribution in [1.29, 1.82) is 0 Å². The Hall–Kier alpha value is -2.21. The summed E-state index contributed by atoms with van der Waals surface area (Å²) in [7, 11) is 0. The van der Waals surface area contributed by atoms with Crippen molar-refractivity contribution in [1.82, 2.24) is 4.98 Å². The average Bonchev–Trinajstić information content (AvgIpc) is 2.41. The molecule has 0 atom stereocenters. The van der Waals surface area contributed by atoms with Gasteiger partial charge in [-0.1, -0.05) is 15.9 Å². The fraction of sp³-hybridized carbons (Fsp3) is 0. The van der Waals surface area contributed by atoms with Gasteiger partial charge in [-0.05, 0) is 36.4 Å². The van der Waals surface area contributed by atoms with Gasteiger partial charge in [0.2, 0.25) is 0 Å². The first-order chi connectivity index (χ1) is 9.06. The van der Waals surface area contributed by atoms with Crippen LogP contribution in [0.5, 0.6) is 0 Å². The van der Waals surface area contributed by atoms with Crippen molar-refractivity contribution in [3.63, 3.8) is 0 Å². The zero-order valence-electron chi connectivity index (χ0n) is 9.63. The predicted molar refractivity (Wildman–Crippen MR) is 73.3 cm³/mol. The van der Waals surface area contributed by atoms with E-state index in [-0.39, 0.29) is 17.2 Å². The summed E-state index contributed by atoms with van der Waals surface area (Å²) in [6.45, 7) is 0. The number of aromatic nitrogens is 1. The molecule has 0 fully saturated rings. The lowest BCUT2D eigenvalue weighted by atomic mass is 10.2. The predicted octanol–water partition coefficient (Wildman–Crippen LogP) is 2.79. The number of benzene rings is 1. The molecule has 0 aliphatic rings. The molecule has 0 bridgehead atoms.